The van der Waals surface area contributed by atoms with E-state index >= 15 is 0 Å². The number of hydrogen-bond donors (Lipinski definition) is 2. The monoisotopic (exact) mass is 277 g/mol. The molecule has 1 amide bonds. The van der Waals surface area contributed by atoms with E-state index in [-0.39, 0.29) is 0 Å². The minimum atomic E-state index is 0.484. The highest BCUT2D eigenvalue weighted by Crippen LogP contribution is 2.27. The summed E-state index contributed by atoms with van der Waals surface area (Å²) in [5.41, 5.74) is 2.08. The second-order valence-electron chi connectivity index (χ2n) is 4.45. The number of para-hydroxylation sites is 2. The summed E-state index contributed by atoms with van der Waals surface area (Å²) in [5, 5.41) is 4.17. The van der Waals surface area contributed by atoms with E-state index in [4.69, 9.17) is 0 Å². The van der Waals surface area contributed by atoms with Crippen LogP contribution in [-0.2, 0) is 4.79 Å². The van der Waals surface area contributed by atoms with Gasteiger partial charge >= 0.3 is 0 Å². The molecule has 2 aromatic rings. The maximum absolute atomic E-state index is 10.3. The number of nitrogens with zero attached hydrogens (tertiary/aromatic N) is 1. The Hall–Kier alpha value is -1.49. The van der Waals surface area contributed by atoms with Crippen LogP contribution in [0.4, 0.5) is 0 Å². The Labute approximate surface area is 117 Å². The first-order valence-electron chi connectivity index (χ1n) is 6.62. The summed E-state index contributed by atoms with van der Waals surface area (Å²) in [7, 11) is 0. The average molecular weight is 277 g/mol. The molecule has 0 saturated carbocycles. The molecule has 2 rings (SSSR count). The zero-order chi connectivity index (χ0) is 13.5. The molecule has 0 bridgehead atoms. The van der Waals surface area contributed by atoms with Crippen molar-refractivity contribution in [3.8, 4) is 0 Å². The number of nitrogens with one attached hydrogen (secondary N) is 2. The Kier molecular flexibility index (Phi) is 5.27. The number of benzene rings is 1. The molecule has 0 saturated heterocycles. The number of hydrogen-bond acceptors (Lipinski definition) is 3. The number of H-pyrrole nitrogens is 1. The molecule has 1 heterocycles. The Bertz CT molecular complexity index is 493. The lowest BCUT2D eigenvalue weighted by Gasteiger charge is -2.13. The number of rotatable bonds is 8. The fourth-order valence-corrected chi connectivity index (χ4v) is 3.26. The van der Waals surface area contributed by atoms with Crippen LogP contribution in [0.2, 0.25) is 0 Å². The van der Waals surface area contributed by atoms with Gasteiger partial charge in [-0.05, 0) is 25.0 Å². The van der Waals surface area contributed by atoms with E-state index in [2.05, 4.69) is 22.2 Å². The lowest BCUT2D eigenvalue weighted by Crippen LogP contribution is -2.17. The van der Waals surface area contributed by atoms with E-state index < -0.39 is 0 Å². The molecule has 4 nitrogen and oxygen atoms in total. The summed E-state index contributed by atoms with van der Waals surface area (Å²) < 4.78 is 0. The third-order valence-corrected chi connectivity index (χ3v) is 4.17. The van der Waals surface area contributed by atoms with E-state index in [0.717, 1.165) is 48.4 Å². The third kappa shape index (κ3) is 3.99. The van der Waals surface area contributed by atoms with Crippen molar-refractivity contribution in [2.75, 3.05) is 6.54 Å². The smallest absolute Gasteiger partial charge is 0.207 e. The van der Waals surface area contributed by atoms with Gasteiger partial charge in [-0.3, -0.25) is 4.79 Å². The van der Waals surface area contributed by atoms with E-state index in [0.29, 0.717) is 5.25 Å². The van der Waals surface area contributed by atoms with Crippen LogP contribution in [0.3, 0.4) is 0 Å². The summed E-state index contributed by atoms with van der Waals surface area (Å²) >= 11 is 1.77. The van der Waals surface area contributed by atoms with Gasteiger partial charge in [0.1, 0.15) is 0 Å². The molecule has 1 atom stereocenters. The second-order valence-corrected chi connectivity index (χ2v) is 5.74. The molecule has 1 unspecified atom stereocenters. The largest absolute Gasteiger partial charge is 0.359 e. The van der Waals surface area contributed by atoms with Crippen LogP contribution in [-0.4, -0.2) is 28.2 Å². The molecule has 0 radical (unpaired) electrons. The quantitative estimate of drug-likeness (QED) is 0.443. The molecular formula is C14H19N3OS. The van der Waals surface area contributed by atoms with Gasteiger partial charge in [0.2, 0.25) is 6.41 Å². The van der Waals surface area contributed by atoms with E-state index in [9.17, 15) is 4.79 Å². The van der Waals surface area contributed by atoms with Gasteiger partial charge in [-0.25, -0.2) is 4.98 Å². The van der Waals surface area contributed by atoms with Gasteiger partial charge in [0.15, 0.2) is 5.16 Å². The van der Waals surface area contributed by atoms with Crippen molar-refractivity contribution in [2.45, 2.75) is 36.6 Å². The van der Waals surface area contributed by atoms with Gasteiger partial charge in [-0.1, -0.05) is 37.2 Å². The highest BCUT2D eigenvalue weighted by molar-refractivity contribution is 7.99. The fraction of sp³-hybridized carbons (Fsp3) is 0.429. The van der Waals surface area contributed by atoms with E-state index in [1.54, 1.807) is 11.8 Å². The SMILES string of the molecule is CCCC(CCNC=O)Sc1nc2ccccc2[nH]1. The normalized spacial score (nSPS) is 12.5. The minimum absolute atomic E-state index is 0.484. The van der Waals surface area contributed by atoms with Gasteiger partial charge in [-0.15, -0.1) is 0 Å². The Morgan fingerprint density at radius 2 is 2.26 bits per heavy atom. The molecule has 1 aromatic heterocycles. The molecule has 0 aliphatic heterocycles. The van der Waals surface area contributed by atoms with Crippen molar-refractivity contribution >= 4 is 29.2 Å². The summed E-state index contributed by atoms with van der Waals surface area (Å²) in [5.74, 6) is 0. The number of imidazole rings is 1. The van der Waals surface area contributed by atoms with Crippen LogP contribution in [0.1, 0.15) is 26.2 Å². The molecule has 1 aromatic carbocycles. The van der Waals surface area contributed by atoms with Gasteiger partial charge in [0, 0.05) is 11.8 Å². The Morgan fingerprint density at radius 1 is 1.42 bits per heavy atom. The third-order valence-electron chi connectivity index (χ3n) is 2.95. The van der Waals surface area contributed by atoms with Crippen LogP contribution in [0, 0.1) is 0 Å². The number of thioether (sulfide) groups is 1. The number of amides is 1. The van der Waals surface area contributed by atoms with Crippen LogP contribution >= 0.6 is 11.8 Å². The van der Waals surface area contributed by atoms with Crippen LogP contribution in [0.25, 0.3) is 11.0 Å². The van der Waals surface area contributed by atoms with Gasteiger partial charge in [0.25, 0.3) is 0 Å². The van der Waals surface area contributed by atoms with Crippen molar-refractivity contribution < 1.29 is 4.79 Å². The molecule has 0 fully saturated rings. The van der Waals surface area contributed by atoms with Gasteiger partial charge < -0.3 is 10.3 Å². The first-order valence-corrected chi connectivity index (χ1v) is 7.50. The highest BCUT2D eigenvalue weighted by Gasteiger charge is 2.12. The zero-order valence-corrected chi connectivity index (χ0v) is 11.9. The molecule has 19 heavy (non-hydrogen) atoms. The number of carbonyl (C=O) groups excluding carboxylic acids is 1. The number of carbonyl (C=O) groups is 1. The lowest BCUT2D eigenvalue weighted by atomic mass is 10.2. The Balaban J connectivity index is 2.00. The van der Waals surface area contributed by atoms with Crippen molar-refractivity contribution in [1.82, 2.24) is 15.3 Å². The first-order chi connectivity index (χ1) is 9.33. The summed E-state index contributed by atoms with van der Waals surface area (Å²) in [4.78, 5) is 18.2. The van der Waals surface area contributed by atoms with Crippen LogP contribution in [0.15, 0.2) is 29.4 Å². The highest BCUT2D eigenvalue weighted by atomic mass is 32.2. The van der Waals surface area contributed by atoms with Crippen molar-refractivity contribution in [1.29, 1.82) is 0 Å². The standard InChI is InChI=1S/C14H19N3OS/c1-2-5-11(8-9-15-10-18)19-14-16-12-6-3-4-7-13(12)17-14/h3-4,6-7,10-11H,2,5,8-9H2,1H3,(H,15,18)(H,16,17). The number of fused-ring (bicyclic) bond motifs is 1. The van der Waals surface area contributed by atoms with E-state index in [1.807, 2.05) is 24.3 Å². The molecule has 102 valence electrons. The molecule has 2 N–H and O–H groups in total. The summed E-state index contributed by atoms with van der Waals surface area (Å²) in [6.45, 7) is 2.90. The van der Waals surface area contributed by atoms with E-state index in [1.165, 1.54) is 0 Å². The van der Waals surface area contributed by atoms with Crippen molar-refractivity contribution in [3.63, 3.8) is 0 Å². The minimum Gasteiger partial charge on any atom is -0.359 e. The van der Waals surface area contributed by atoms with Crippen molar-refractivity contribution in [3.05, 3.63) is 24.3 Å². The maximum atomic E-state index is 10.3. The first kappa shape index (κ1) is 13.9. The Morgan fingerprint density at radius 3 is 3.00 bits per heavy atom. The summed E-state index contributed by atoms with van der Waals surface area (Å²) in [6.07, 6.45) is 3.99. The fourth-order valence-electron chi connectivity index (χ4n) is 2.03. The topological polar surface area (TPSA) is 57.8 Å². The maximum Gasteiger partial charge on any atom is 0.207 e. The number of aromatic amines is 1. The summed E-state index contributed by atoms with van der Waals surface area (Å²) in [6, 6.07) is 8.05. The predicted octanol–water partition coefficient (Wildman–Crippen LogP) is 2.96. The lowest BCUT2D eigenvalue weighted by molar-refractivity contribution is -0.109. The average Bonchev–Trinajstić information content (AvgIpc) is 2.81. The molecule has 0 spiro atoms. The van der Waals surface area contributed by atoms with Crippen LogP contribution < -0.4 is 5.32 Å². The second kappa shape index (κ2) is 7.19. The molecule has 0 aliphatic carbocycles. The van der Waals surface area contributed by atoms with Crippen molar-refractivity contribution in [2.24, 2.45) is 0 Å². The molecular weight excluding hydrogens is 258 g/mol. The van der Waals surface area contributed by atoms with Gasteiger partial charge in [0.05, 0.1) is 11.0 Å². The molecule has 5 heteroatoms. The molecule has 0 aliphatic rings. The van der Waals surface area contributed by atoms with Crippen LogP contribution in [0.5, 0.6) is 0 Å². The predicted molar refractivity (Wildman–Crippen MR) is 79.3 cm³/mol. The number of aromatic nitrogens is 2. The zero-order valence-electron chi connectivity index (χ0n) is 11.1. The van der Waals surface area contributed by atoms with Gasteiger partial charge in [-0.2, -0.15) is 0 Å².